The molecule has 0 amide bonds. The van der Waals surface area contributed by atoms with Crippen molar-refractivity contribution in [3.63, 3.8) is 0 Å². The van der Waals surface area contributed by atoms with Crippen LogP contribution in [0.5, 0.6) is 0 Å². The molecule has 0 aliphatic carbocycles. The summed E-state index contributed by atoms with van der Waals surface area (Å²) in [4.78, 5) is 15.1. The molecule has 2 heterocycles. The van der Waals surface area contributed by atoms with Crippen LogP contribution in [0.25, 0.3) is 16.9 Å². The lowest BCUT2D eigenvalue weighted by Crippen LogP contribution is -1.92. The van der Waals surface area contributed by atoms with Crippen LogP contribution in [0.15, 0.2) is 42.7 Å². The van der Waals surface area contributed by atoms with Gasteiger partial charge in [0.1, 0.15) is 5.65 Å². The van der Waals surface area contributed by atoms with E-state index in [0.717, 1.165) is 22.5 Å². The van der Waals surface area contributed by atoms with Crippen molar-refractivity contribution in [1.29, 1.82) is 0 Å². The van der Waals surface area contributed by atoms with Crippen LogP contribution in [0.3, 0.4) is 0 Å². The minimum Gasteiger partial charge on any atom is -0.306 e. The highest BCUT2D eigenvalue weighted by Gasteiger charge is 2.14. The molecule has 0 saturated heterocycles. The summed E-state index contributed by atoms with van der Waals surface area (Å²) in [5, 5.41) is 11.0. The van der Waals surface area contributed by atoms with Gasteiger partial charge in [0.2, 0.25) is 0 Å². The number of pyridine rings is 1. The highest BCUT2D eigenvalue weighted by molar-refractivity contribution is 14.1. The average molecular weight is 379 g/mol. The van der Waals surface area contributed by atoms with Crippen molar-refractivity contribution in [1.82, 2.24) is 9.38 Å². The molecule has 0 radical (unpaired) electrons. The molecule has 100 valence electrons. The Labute approximate surface area is 128 Å². The Morgan fingerprint density at radius 2 is 2.10 bits per heavy atom. The van der Waals surface area contributed by atoms with Gasteiger partial charge in [-0.15, -0.1) is 0 Å². The van der Waals surface area contributed by atoms with E-state index in [0.29, 0.717) is 3.57 Å². The topological polar surface area (TPSA) is 60.4 Å². The van der Waals surface area contributed by atoms with Gasteiger partial charge in [0.15, 0.2) is 0 Å². The fraction of sp³-hybridized carbons (Fsp3) is 0.0714. The maximum Gasteiger partial charge on any atom is 0.283 e. The van der Waals surface area contributed by atoms with Gasteiger partial charge in [-0.2, -0.15) is 0 Å². The summed E-state index contributed by atoms with van der Waals surface area (Å²) in [5.74, 6) is 0. The number of rotatable bonds is 2. The third-order valence-corrected chi connectivity index (χ3v) is 3.97. The van der Waals surface area contributed by atoms with Gasteiger partial charge >= 0.3 is 0 Å². The molecule has 2 aromatic heterocycles. The molecular formula is C14H10IN3O2. The molecule has 0 saturated carbocycles. The fourth-order valence-electron chi connectivity index (χ4n) is 2.03. The third-order valence-electron chi connectivity index (χ3n) is 3.05. The van der Waals surface area contributed by atoms with Crippen molar-refractivity contribution in [2.24, 2.45) is 0 Å². The Bertz CT molecular complexity index is 826. The number of aromatic nitrogens is 2. The zero-order chi connectivity index (χ0) is 14.3. The van der Waals surface area contributed by atoms with Gasteiger partial charge in [-0.05, 0) is 53.3 Å². The molecule has 0 bridgehead atoms. The molecule has 6 heteroatoms. The lowest BCUT2D eigenvalue weighted by atomic mass is 10.1. The van der Waals surface area contributed by atoms with E-state index < -0.39 is 0 Å². The summed E-state index contributed by atoms with van der Waals surface area (Å²) in [6.45, 7) is 2.00. The average Bonchev–Trinajstić information content (AvgIpc) is 2.81. The highest BCUT2D eigenvalue weighted by atomic mass is 127. The number of aryl methyl sites for hydroxylation is 1. The maximum atomic E-state index is 11.0. The second-order valence-electron chi connectivity index (χ2n) is 4.52. The van der Waals surface area contributed by atoms with Gasteiger partial charge in [0, 0.05) is 24.0 Å². The smallest absolute Gasteiger partial charge is 0.283 e. The molecule has 0 spiro atoms. The summed E-state index contributed by atoms with van der Waals surface area (Å²) < 4.78 is 2.53. The van der Waals surface area contributed by atoms with Crippen molar-refractivity contribution in [2.75, 3.05) is 0 Å². The normalized spacial score (nSPS) is 10.9. The summed E-state index contributed by atoms with van der Waals surface area (Å²) in [7, 11) is 0. The van der Waals surface area contributed by atoms with Gasteiger partial charge < -0.3 is 4.40 Å². The van der Waals surface area contributed by atoms with Crippen LogP contribution < -0.4 is 0 Å². The number of imidazole rings is 1. The SMILES string of the molecule is Cc1ccn2cc(-c3ccc(I)c([N+](=O)[O-])c3)nc2c1. The number of nitrogens with zero attached hydrogens (tertiary/aromatic N) is 3. The van der Waals surface area contributed by atoms with E-state index in [1.807, 2.05) is 64.5 Å². The van der Waals surface area contributed by atoms with Crippen LogP contribution in [0.2, 0.25) is 0 Å². The van der Waals surface area contributed by atoms with Crippen LogP contribution in [0, 0.1) is 20.6 Å². The van der Waals surface area contributed by atoms with E-state index >= 15 is 0 Å². The van der Waals surface area contributed by atoms with E-state index in [1.165, 1.54) is 0 Å². The molecule has 3 rings (SSSR count). The summed E-state index contributed by atoms with van der Waals surface area (Å²) in [6.07, 6.45) is 3.81. The van der Waals surface area contributed by atoms with E-state index in [9.17, 15) is 10.1 Å². The first-order chi connectivity index (χ1) is 9.54. The molecule has 0 fully saturated rings. The van der Waals surface area contributed by atoms with Gasteiger partial charge in [-0.1, -0.05) is 6.07 Å². The largest absolute Gasteiger partial charge is 0.306 e. The van der Waals surface area contributed by atoms with Crippen molar-refractivity contribution in [2.45, 2.75) is 6.92 Å². The first-order valence-electron chi connectivity index (χ1n) is 5.94. The molecule has 3 aromatic rings. The summed E-state index contributed by atoms with van der Waals surface area (Å²) in [6, 6.07) is 9.13. The van der Waals surface area contributed by atoms with Gasteiger partial charge in [0.05, 0.1) is 14.2 Å². The number of nitro groups is 1. The standard InChI is InChI=1S/C14H10IN3O2/c1-9-4-5-17-8-12(16-14(17)6-9)10-2-3-11(15)13(7-10)18(19)20/h2-8H,1H3. The fourth-order valence-corrected chi connectivity index (χ4v) is 2.57. The summed E-state index contributed by atoms with van der Waals surface area (Å²) >= 11 is 1.96. The van der Waals surface area contributed by atoms with Crippen molar-refractivity contribution in [3.8, 4) is 11.3 Å². The minimum atomic E-state index is -0.370. The number of nitro benzene ring substituents is 1. The zero-order valence-electron chi connectivity index (χ0n) is 10.6. The van der Waals surface area contributed by atoms with E-state index in [4.69, 9.17) is 0 Å². The predicted molar refractivity (Wildman–Crippen MR) is 84.7 cm³/mol. The van der Waals surface area contributed by atoms with E-state index in [-0.39, 0.29) is 10.6 Å². The van der Waals surface area contributed by atoms with Crippen LogP contribution in [0.1, 0.15) is 5.56 Å². The lowest BCUT2D eigenvalue weighted by Gasteiger charge is -1.98. The Balaban J connectivity index is 2.15. The zero-order valence-corrected chi connectivity index (χ0v) is 12.7. The molecule has 1 aromatic carbocycles. The molecular weight excluding hydrogens is 369 g/mol. The molecule has 0 aliphatic rings. The first kappa shape index (κ1) is 13.0. The second kappa shape index (κ2) is 4.86. The minimum absolute atomic E-state index is 0.108. The predicted octanol–water partition coefficient (Wildman–Crippen LogP) is 3.82. The van der Waals surface area contributed by atoms with Crippen LogP contribution in [0.4, 0.5) is 5.69 Å². The monoisotopic (exact) mass is 379 g/mol. The number of fused-ring (bicyclic) bond motifs is 1. The Morgan fingerprint density at radius 1 is 1.30 bits per heavy atom. The van der Waals surface area contributed by atoms with Crippen molar-refractivity contribution in [3.05, 3.63) is 62.0 Å². The Kier molecular flexibility index (Phi) is 3.17. The number of hydrogen-bond donors (Lipinski definition) is 0. The van der Waals surface area contributed by atoms with Crippen molar-refractivity contribution < 1.29 is 4.92 Å². The highest BCUT2D eigenvalue weighted by Crippen LogP contribution is 2.28. The van der Waals surface area contributed by atoms with Gasteiger partial charge in [-0.3, -0.25) is 10.1 Å². The summed E-state index contributed by atoms with van der Waals surface area (Å²) in [5.41, 5.74) is 3.55. The number of halogens is 1. The molecule has 0 aliphatic heterocycles. The second-order valence-corrected chi connectivity index (χ2v) is 5.68. The molecule has 0 atom stereocenters. The van der Waals surface area contributed by atoms with Crippen LogP contribution in [-0.2, 0) is 0 Å². The quantitative estimate of drug-likeness (QED) is 0.386. The molecule has 0 unspecified atom stereocenters. The van der Waals surface area contributed by atoms with Crippen LogP contribution >= 0.6 is 22.6 Å². The lowest BCUT2D eigenvalue weighted by molar-refractivity contribution is -0.385. The van der Waals surface area contributed by atoms with Crippen molar-refractivity contribution >= 4 is 33.9 Å². The number of benzene rings is 1. The number of hydrogen-bond acceptors (Lipinski definition) is 3. The van der Waals surface area contributed by atoms with Gasteiger partial charge in [-0.25, -0.2) is 4.98 Å². The first-order valence-corrected chi connectivity index (χ1v) is 7.02. The Hall–Kier alpha value is -1.96. The van der Waals surface area contributed by atoms with Gasteiger partial charge in [0.25, 0.3) is 5.69 Å². The molecule has 5 nitrogen and oxygen atoms in total. The molecule has 0 N–H and O–H groups in total. The van der Waals surface area contributed by atoms with E-state index in [1.54, 1.807) is 12.1 Å². The Morgan fingerprint density at radius 3 is 2.85 bits per heavy atom. The van der Waals surface area contributed by atoms with Crippen LogP contribution in [-0.4, -0.2) is 14.3 Å². The third kappa shape index (κ3) is 2.26. The maximum absolute atomic E-state index is 11.0. The van der Waals surface area contributed by atoms with E-state index in [2.05, 4.69) is 4.98 Å². The molecule has 20 heavy (non-hydrogen) atoms.